The monoisotopic (exact) mass is 375 g/mol. The Balaban J connectivity index is 2.26. The fraction of sp³-hybridized carbons (Fsp3) is 0.176. The summed E-state index contributed by atoms with van der Waals surface area (Å²) < 4.78 is 10.4. The van der Waals surface area contributed by atoms with Gasteiger partial charge in [-0.3, -0.25) is 30.6 Å². The van der Waals surface area contributed by atoms with Crippen molar-refractivity contribution in [2.75, 3.05) is 13.7 Å². The average molecular weight is 375 g/mol. The normalized spacial score (nSPS) is 10.0. The summed E-state index contributed by atoms with van der Waals surface area (Å²) in [5.74, 6) is -1.77. The van der Waals surface area contributed by atoms with Gasteiger partial charge in [0.25, 0.3) is 17.5 Å². The van der Waals surface area contributed by atoms with Gasteiger partial charge in [-0.1, -0.05) is 12.1 Å². The molecule has 0 aliphatic rings. The number of methoxy groups -OCH3 is 1. The number of benzene rings is 2. The molecule has 142 valence electrons. The van der Waals surface area contributed by atoms with E-state index >= 15 is 0 Å². The highest BCUT2D eigenvalue weighted by molar-refractivity contribution is 6.02. The van der Waals surface area contributed by atoms with E-state index in [1.165, 1.54) is 31.4 Å². The molecule has 2 aromatic rings. The maximum atomic E-state index is 12.4. The second-order valence-corrected chi connectivity index (χ2v) is 5.14. The van der Waals surface area contributed by atoms with Gasteiger partial charge >= 0.3 is 0 Å². The van der Waals surface area contributed by atoms with Gasteiger partial charge in [0.15, 0.2) is 11.5 Å². The van der Waals surface area contributed by atoms with E-state index in [9.17, 15) is 24.8 Å². The number of carbonyl (C=O) groups is 2. The molecule has 0 saturated carbocycles. The van der Waals surface area contributed by atoms with Crippen LogP contribution in [0.2, 0.25) is 0 Å². The number of phenols is 1. The summed E-state index contributed by atoms with van der Waals surface area (Å²) in [6, 6.07) is 7.92. The number of ether oxygens (including phenoxy) is 2. The van der Waals surface area contributed by atoms with E-state index in [-0.39, 0.29) is 35.0 Å². The van der Waals surface area contributed by atoms with Crippen molar-refractivity contribution in [3.8, 4) is 17.2 Å². The van der Waals surface area contributed by atoms with Crippen LogP contribution in [0, 0.1) is 10.1 Å². The first-order valence-corrected chi connectivity index (χ1v) is 7.76. The first kappa shape index (κ1) is 19.5. The predicted molar refractivity (Wildman–Crippen MR) is 93.9 cm³/mol. The molecule has 0 aliphatic heterocycles. The number of aromatic hydroxyl groups is 1. The first-order valence-electron chi connectivity index (χ1n) is 7.76. The van der Waals surface area contributed by atoms with E-state index in [2.05, 4.69) is 10.9 Å². The summed E-state index contributed by atoms with van der Waals surface area (Å²) >= 11 is 0. The van der Waals surface area contributed by atoms with Crippen molar-refractivity contribution in [2.24, 2.45) is 0 Å². The number of carbonyl (C=O) groups excluding carboxylic acids is 2. The van der Waals surface area contributed by atoms with E-state index < -0.39 is 22.4 Å². The third-order valence-electron chi connectivity index (χ3n) is 3.46. The molecule has 2 aromatic carbocycles. The van der Waals surface area contributed by atoms with E-state index in [0.29, 0.717) is 0 Å². The molecule has 2 amide bonds. The lowest BCUT2D eigenvalue weighted by Gasteiger charge is -2.12. The van der Waals surface area contributed by atoms with Crippen molar-refractivity contribution in [1.82, 2.24) is 10.9 Å². The van der Waals surface area contributed by atoms with Crippen LogP contribution in [0.5, 0.6) is 17.2 Å². The van der Waals surface area contributed by atoms with Crippen LogP contribution in [0.3, 0.4) is 0 Å². The number of hydrogen-bond acceptors (Lipinski definition) is 7. The molecule has 0 unspecified atom stereocenters. The van der Waals surface area contributed by atoms with Crippen molar-refractivity contribution in [3.05, 3.63) is 57.6 Å². The Morgan fingerprint density at radius 3 is 2.30 bits per heavy atom. The number of nitrogens with one attached hydrogen (secondary N) is 2. The van der Waals surface area contributed by atoms with E-state index in [4.69, 9.17) is 9.47 Å². The quantitative estimate of drug-likeness (QED) is 0.516. The zero-order valence-electron chi connectivity index (χ0n) is 14.5. The number of amides is 2. The Hall–Kier alpha value is -3.82. The SMILES string of the molecule is CCOc1cc(C(=O)NNC(=O)c2ccccc2O)c([N+](=O)[O-])cc1OC. The van der Waals surface area contributed by atoms with Crippen molar-refractivity contribution in [1.29, 1.82) is 0 Å². The van der Waals surface area contributed by atoms with Gasteiger partial charge in [0.1, 0.15) is 11.3 Å². The smallest absolute Gasteiger partial charge is 0.286 e. The molecule has 0 atom stereocenters. The number of hydrogen-bond donors (Lipinski definition) is 3. The predicted octanol–water partition coefficient (Wildman–Crippen LogP) is 1.78. The van der Waals surface area contributed by atoms with Gasteiger partial charge in [-0.05, 0) is 19.1 Å². The first-order chi connectivity index (χ1) is 12.9. The second kappa shape index (κ2) is 8.52. The summed E-state index contributed by atoms with van der Waals surface area (Å²) in [7, 11) is 1.31. The van der Waals surface area contributed by atoms with Crippen LogP contribution in [0.25, 0.3) is 0 Å². The highest BCUT2D eigenvalue weighted by atomic mass is 16.6. The van der Waals surface area contributed by atoms with Gasteiger partial charge in [-0.2, -0.15) is 0 Å². The number of phenolic OH excluding ortho intramolecular Hbond substituents is 1. The summed E-state index contributed by atoms with van der Waals surface area (Å²) in [6.07, 6.45) is 0. The van der Waals surface area contributed by atoms with Gasteiger partial charge in [0.05, 0.1) is 30.3 Å². The summed E-state index contributed by atoms with van der Waals surface area (Å²) in [4.78, 5) is 34.9. The molecule has 0 aromatic heterocycles. The molecule has 0 radical (unpaired) electrons. The molecule has 10 nitrogen and oxygen atoms in total. The number of nitrogens with zero attached hydrogens (tertiary/aromatic N) is 1. The van der Waals surface area contributed by atoms with Crippen LogP contribution in [-0.2, 0) is 0 Å². The summed E-state index contributed by atoms with van der Waals surface area (Å²) in [5, 5.41) is 20.9. The number of nitro groups is 1. The van der Waals surface area contributed by atoms with Gasteiger partial charge in [-0.15, -0.1) is 0 Å². The molecule has 0 heterocycles. The summed E-state index contributed by atoms with van der Waals surface area (Å²) in [5.41, 5.74) is 3.24. The van der Waals surface area contributed by atoms with Crippen LogP contribution in [0.1, 0.15) is 27.6 Å². The molecule has 10 heteroatoms. The average Bonchev–Trinajstić information content (AvgIpc) is 2.65. The lowest BCUT2D eigenvalue weighted by atomic mass is 10.1. The molecule has 0 aliphatic carbocycles. The molecular formula is C17H17N3O7. The second-order valence-electron chi connectivity index (χ2n) is 5.14. The van der Waals surface area contributed by atoms with Gasteiger partial charge in [0.2, 0.25) is 0 Å². The molecule has 2 rings (SSSR count). The maximum absolute atomic E-state index is 12.4. The van der Waals surface area contributed by atoms with E-state index in [1.807, 2.05) is 0 Å². The van der Waals surface area contributed by atoms with Gasteiger partial charge < -0.3 is 14.6 Å². The number of para-hydroxylation sites is 1. The molecule has 3 N–H and O–H groups in total. The standard InChI is InChI=1S/C17H17N3O7/c1-3-27-15-8-11(12(20(24)25)9-14(15)26-2)17(23)19-18-16(22)10-6-4-5-7-13(10)21/h4-9,21H,3H2,1-2H3,(H,18,22)(H,19,23). The zero-order valence-corrected chi connectivity index (χ0v) is 14.5. The van der Waals surface area contributed by atoms with E-state index in [0.717, 1.165) is 12.1 Å². The van der Waals surface area contributed by atoms with Crippen molar-refractivity contribution in [2.45, 2.75) is 6.92 Å². The number of rotatable bonds is 6. The molecule has 0 spiro atoms. The molecular weight excluding hydrogens is 358 g/mol. The Morgan fingerprint density at radius 1 is 1.11 bits per heavy atom. The van der Waals surface area contributed by atoms with Crippen molar-refractivity contribution < 1.29 is 29.1 Å². The molecule has 0 saturated heterocycles. The Bertz CT molecular complexity index is 883. The van der Waals surface area contributed by atoms with Crippen molar-refractivity contribution >= 4 is 17.5 Å². The third-order valence-corrected chi connectivity index (χ3v) is 3.46. The Labute approximate surface area is 153 Å². The molecule has 27 heavy (non-hydrogen) atoms. The molecule has 0 bridgehead atoms. The Kier molecular flexibility index (Phi) is 6.15. The fourth-order valence-electron chi connectivity index (χ4n) is 2.22. The highest BCUT2D eigenvalue weighted by Crippen LogP contribution is 2.34. The topological polar surface area (TPSA) is 140 Å². The van der Waals surface area contributed by atoms with Crippen LogP contribution >= 0.6 is 0 Å². The lowest BCUT2D eigenvalue weighted by Crippen LogP contribution is -2.41. The van der Waals surface area contributed by atoms with Crippen LogP contribution in [0.4, 0.5) is 5.69 Å². The number of nitro benzene ring substituents is 1. The lowest BCUT2D eigenvalue weighted by molar-refractivity contribution is -0.385. The van der Waals surface area contributed by atoms with Crippen LogP contribution in [-0.4, -0.2) is 35.6 Å². The minimum Gasteiger partial charge on any atom is -0.507 e. The summed E-state index contributed by atoms with van der Waals surface area (Å²) in [6.45, 7) is 1.95. The number of hydrazine groups is 1. The maximum Gasteiger partial charge on any atom is 0.286 e. The fourth-order valence-corrected chi connectivity index (χ4v) is 2.22. The highest BCUT2D eigenvalue weighted by Gasteiger charge is 2.25. The van der Waals surface area contributed by atoms with Crippen LogP contribution < -0.4 is 20.3 Å². The molecule has 0 fully saturated rings. The van der Waals surface area contributed by atoms with Crippen molar-refractivity contribution in [3.63, 3.8) is 0 Å². The van der Waals surface area contributed by atoms with Gasteiger partial charge in [0, 0.05) is 6.07 Å². The minimum absolute atomic E-state index is 0.0722. The largest absolute Gasteiger partial charge is 0.507 e. The minimum atomic E-state index is -0.936. The van der Waals surface area contributed by atoms with Gasteiger partial charge in [-0.25, -0.2) is 0 Å². The van der Waals surface area contributed by atoms with Crippen LogP contribution in [0.15, 0.2) is 36.4 Å². The third kappa shape index (κ3) is 4.42. The zero-order chi connectivity index (χ0) is 20.0. The van der Waals surface area contributed by atoms with E-state index in [1.54, 1.807) is 6.92 Å². The Morgan fingerprint density at radius 2 is 1.74 bits per heavy atom.